The average Bonchev–Trinajstić information content (AvgIpc) is 2.90. The van der Waals surface area contributed by atoms with Gasteiger partial charge in [-0.3, -0.25) is 4.79 Å². The van der Waals surface area contributed by atoms with E-state index in [1.165, 1.54) is 12.6 Å². The van der Waals surface area contributed by atoms with Crippen molar-refractivity contribution in [1.29, 1.82) is 0 Å². The minimum absolute atomic E-state index is 0.0251. The number of rotatable bonds is 16. The second-order valence-electron chi connectivity index (χ2n) is 9.78. The molecule has 8 nitrogen and oxygen atoms in total. The molecule has 6 N–H and O–H groups in total. The van der Waals surface area contributed by atoms with Gasteiger partial charge in [0.25, 0.3) is 0 Å². The molecule has 0 radical (unpaired) electrons. The quantitative estimate of drug-likeness (QED) is 0.193. The van der Waals surface area contributed by atoms with E-state index in [0.717, 1.165) is 43.0 Å². The first-order chi connectivity index (χ1) is 18.6. The van der Waals surface area contributed by atoms with Crippen LogP contribution in [0.1, 0.15) is 56.2 Å². The van der Waals surface area contributed by atoms with Crippen LogP contribution in [-0.2, 0) is 24.2 Å². The molecule has 2 aromatic carbocycles. The predicted octanol–water partition coefficient (Wildman–Crippen LogP) is 2.94. The van der Waals surface area contributed by atoms with Crippen LogP contribution in [0.2, 0.25) is 0 Å². The van der Waals surface area contributed by atoms with E-state index in [2.05, 4.69) is 34.3 Å². The van der Waals surface area contributed by atoms with Crippen molar-refractivity contribution in [2.75, 3.05) is 13.6 Å². The third-order valence-corrected chi connectivity index (χ3v) is 6.50. The maximum atomic E-state index is 13.9. The predicted molar refractivity (Wildman–Crippen MR) is 147 cm³/mol. The number of amides is 3. The van der Waals surface area contributed by atoms with Crippen LogP contribution in [0.15, 0.2) is 42.5 Å². The summed E-state index contributed by atoms with van der Waals surface area (Å²) in [6.45, 7) is 4.61. The summed E-state index contributed by atoms with van der Waals surface area (Å²) >= 11 is 0. The first kappa shape index (κ1) is 32.1. The number of aryl methyl sites for hydroxylation is 1. The van der Waals surface area contributed by atoms with Crippen molar-refractivity contribution in [3.8, 4) is 0 Å². The van der Waals surface area contributed by atoms with Crippen molar-refractivity contribution in [2.24, 2.45) is 0 Å². The van der Waals surface area contributed by atoms with Gasteiger partial charge in [-0.2, -0.15) is 0 Å². The van der Waals surface area contributed by atoms with E-state index in [4.69, 9.17) is 0 Å². The molecule has 1 unspecified atom stereocenters. The Morgan fingerprint density at radius 1 is 0.949 bits per heavy atom. The molecule has 0 heterocycles. The number of unbranched alkanes of at least 4 members (excludes halogenated alkanes) is 1. The van der Waals surface area contributed by atoms with Crippen molar-refractivity contribution in [2.45, 2.75) is 83.2 Å². The van der Waals surface area contributed by atoms with Gasteiger partial charge >= 0.3 is 6.03 Å². The molecular weight excluding hydrogens is 506 g/mol. The molecular formula is C29H42F2N4O4. The Labute approximate surface area is 229 Å². The number of aliphatic hydroxyl groups excluding tert-OH is 2. The highest BCUT2D eigenvalue weighted by Gasteiger charge is 2.29. The first-order valence-electron chi connectivity index (χ1n) is 13.5. The van der Waals surface area contributed by atoms with Crippen molar-refractivity contribution in [3.63, 3.8) is 0 Å². The Morgan fingerprint density at radius 3 is 2.28 bits per heavy atom. The van der Waals surface area contributed by atoms with Crippen molar-refractivity contribution in [3.05, 3.63) is 70.8 Å². The number of benzene rings is 2. The third kappa shape index (κ3) is 11.7. The van der Waals surface area contributed by atoms with E-state index in [-0.39, 0.29) is 24.9 Å². The molecule has 39 heavy (non-hydrogen) atoms. The minimum atomic E-state index is -1.12. The van der Waals surface area contributed by atoms with E-state index >= 15 is 0 Å². The molecule has 3 amide bonds. The molecule has 2 aromatic rings. The third-order valence-electron chi connectivity index (χ3n) is 6.50. The van der Waals surface area contributed by atoms with Crippen LogP contribution >= 0.6 is 0 Å². The Kier molecular flexibility index (Phi) is 13.8. The molecule has 10 heteroatoms. The second-order valence-corrected chi connectivity index (χ2v) is 9.78. The summed E-state index contributed by atoms with van der Waals surface area (Å²) in [4.78, 5) is 25.3. The van der Waals surface area contributed by atoms with Crippen LogP contribution in [0.5, 0.6) is 0 Å². The Morgan fingerprint density at radius 2 is 1.64 bits per heavy atom. The zero-order valence-corrected chi connectivity index (χ0v) is 23.0. The molecule has 0 aliphatic heterocycles. The molecule has 0 spiro atoms. The van der Waals surface area contributed by atoms with Gasteiger partial charge in [-0.25, -0.2) is 13.6 Å². The van der Waals surface area contributed by atoms with Gasteiger partial charge in [0.05, 0.1) is 18.2 Å². The van der Waals surface area contributed by atoms with Crippen LogP contribution in [0.3, 0.4) is 0 Å². The lowest BCUT2D eigenvalue weighted by molar-refractivity contribution is -0.125. The zero-order valence-electron chi connectivity index (χ0n) is 23.0. The molecule has 0 aliphatic rings. The van der Waals surface area contributed by atoms with Gasteiger partial charge in [-0.05, 0) is 48.1 Å². The van der Waals surface area contributed by atoms with Gasteiger partial charge in [-0.1, -0.05) is 51.0 Å². The van der Waals surface area contributed by atoms with Gasteiger partial charge in [-0.15, -0.1) is 0 Å². The standard InChI is InChI=1S/C29H42F2N4O4/c1-4-6-10-24(36)16-26(35-29(39)32-3)28(38)34-25(14-21-12-22(30)15-23(31)13-21)27(37)18-33-17-20-9-7-8-19(5-2)11-20/h7-9,11-13,15,24-27,33,36-37H,4-6,10,14,16-18H2,1-3H3,(H,34,38)(H2,32,35,39)/t24?,25-,26+,27+/m0/s1. The van der Waals surface area contributed by atoms with E-state index in [9.17, 15) is 28.6 Å². The fraction of sp³-hybridized carbons (Fsp3) is 0.517. The highest BCUT2D eigenvalue weighted by Crippen LogP contribution is 2.14. The number of urea groups is 1. The lowest BCUT2D eigenvalue weighted by Crippen LogP contribution is -2.56. The van der Waals surface area contributed by atoms with Crippen LogP contribution in [0, 0.1) is 11.6 Å². The normalized spacial score (nSPS) is 14.2. The summed E-state index contributed by atoms with van der Waals surface area (Å²) in [5, 5.41) is 32.3. The summed E-state index contributed by atoms with van der Waals surface area (Å²) < 4.78 is 27.7. The molecule has 2 rings (SSSR count). The molecule has 0 aliphatic carbocycles. The van der Waals surface area contributed by atoms with Gasteiger partial charge in [0.2, 0.25) is 5.91 Å². The molecule has 0 fully saturated rings. The molecule has 0 aromatic heterocycles. The largest absolute Gasteiger partial charge is 0.393 e. The van der Waals surface area contributed by atoms with Gasteiger partial charge in [0.1, 0.15) is 17.7 Å². The molecule has 4 atom stereocenters. The number of carbonyl (C=O) groups excluding carboxylic acids is 2. The number of hydrogen-bond acceptors (Lipinski definition) is 5. The Hall–Kier alpha value is -3.08. The maximum absolute atomic E-state index is 13.9. The van der Waals surface area contributed by atoms with Crippen LogP contribution < -0.4 is 21.3 Å². The number of nitrogens with one attached hydrogen (secondary N) is 4. The average molecular weight is 549 g/mol. The summed E-state index contributed by atoms with van der Waals surface area (Å²) in [6, 6.07) is 8.45. The molecule has 0 bridgehead atoms. The van der Waals surface area contributed by atoms with Crippen molar-refractivity contribution in [1.82, 2.24) is 21.3 Å². The van der Waals surface area contributed by atoms with Crippen molar-refractivity contribution < 1.29 is 28.6 Å². The Bertz CT molecular complexity index is 1040. The maximum Gasteiger partial charge on any atom is 0.315 e. The van der Waals surface area contributed by atoms with Crippen LogP contribution in [0.4, 0.5) is 13.6 Å². The topological polar surface area (TPSA) is 123 Å². The van der Waals surface area contributed by atoms with E-state index in [1.54, 1.807) is 0 Å². The number of aliphatic hydroxyl groups is 2. The lowest BCUT2D eigenvalue weighted by atomic mass is 9.98. The summed E-state index contributed by atoms with van der Waals surface area (Å²) in [7, 11) is 1.41. The highest BCUT2D eigenvalue weighted by atomic mass is 19.1. The highest BCUT2D eigenvalue weighted by molar-refractivity contribution is 5.87. The van der Waals surface area contributed by atoms with E-state index < -0.39 is 47.9 Å². The molecule has 216 valence electrons. The lowest BCUT2D eigenvalue weighted by Gasteiger charge is -2.28. The Balaban J connectivity index is 2.17. The smallest absolute Gasteiger partial charge is 0.315 e. The number of hydrogen-bond donors (Lipinski definition) is 6. The SMILES string of the molecule is CCCCC(O)C[C@@H](NC(=O)NC)C(=O)N[C@@H](Cc1cc(F)cc(F)c1)[C@H](O)CNCc1cccc(CC)c1. The summed E-state index contributed by atoms with van der Waals surface area (Å²) in [5.41, 5.74) is 2.47. The first-order valence-corrected chi connectivity index (χ1v) is 13.5. The molecule has 0 saturated heterocycles. The number of halogens is 2. The van der Waals surface area contributed by atoms with Gasteiger partial charge in [0.15, 0.2) is 0 Å². The molecule has 0 saturated carbocycles. The van der Waals surface area contributed by atoms with E-state index in [0.29, 0.717) is 13.0 Å². The fourth-order valence-corrected chi connectivity index (χ4v) is 4.31. The summed E-state index contributed by atoms with van der Waals surface area (Å²) in [5.74, 6) is -2.15. The second kappa shape index (κ2) is 16.8. The minimum Gasteiger partial charge on any atom is -0.393 e. The fourth-order valence-electron chi connectivity index (χ4n) is 4.31. The monoisotopic (exact) mass is 548 g/mol. The summed E-state index contributed by atoms with van der Waals surface area (Å²) in [6.07, 6.45) is 0.961. The van der Waals surface area contributed by atoms with E-state index in [1.807, 2.05) is 25.1 Å². The van der Waals surface area contributed by atoms with Crippen LogP contribution in [0.25, 0.3) is 0 Å². The van der Waals surface area contributed by atoms with Crippen LogP contribution in [-0.4, -0.2) is 60.0 Å². The van der Waals surface area contributed by atoms with Crippen molar-refractivity contribution >= 4 is 11.9 Å². The van der Waals surface area contributed by atoms with Gasteiger partial charge < -0.3 is 31.5 Å². The van der Waals surface area contributed by atoms with Gasteiger partial charge in [0, 0.05) is 32.6 Å². The zero-order chi connectivity index (χ0) is 28.8. The number of carbonyl (C=O) groups is 2.